The van der Waals surface area contributed by atoms with Gasteiger partial charge in [0.1, 0.15) is 12.3 Å². The van der Waals surface area contributed by atoms with E-state index in [-0.39, 0.29) is 25.0 Å². The first-order valence-corrected chi connectivity index (χ1v) is 10.4. The number of halogens is 1. The number of ether oxygens (including phenoxy) is 1. The third-order valence-electron chi connectivity index (χ3n) is 5.33. The van der Waals surface area contributed by atoms with E-state index in [0.717, 1.165) is 22.5 Å². The van der Waals surface area contributed by atoms with Crippen LogP contribution in [-0.4, -0.2) is 34.7 Å². The van der Waals surface area contributed by atoms with Crippen LogP contribution in [0.15, 0.2) is 48.5 Å². The van der Waals surface area contributed by atoms with E-state index in [0.29, 0.717) is 29.5 Å². The van der Waals surface area contributed by atoms with Gasteiger partial charge >= 0.3 is 0 Å². The number of carbonyl (C=O) groups excluding carboxylic acids is 2. The first-order valence-electron chi connectivity index (χ1n) is 9.98. The normalized spacial score (nSPS) is 13.0. The summed E-state index contributed by atoms with van der Waals surface area (Å²) in [6.45, 7) is 4.72. The van der Waals surface area contributed by atoms with Crippen LogP contribution in [0.4, 0.5) is 5.69 Å². The molecule has 0 fully saturated rings. The maximum atomic E-state index is 12.6. The second-order valence-corrected chi connectivity index (χ2v) is 7.89. The molecule has 7 nitrogen and oxygen atoms in total. The number of rotatable bonds is 6. The lowest BCUT2D eigenvalue weighted by Gasteiger charge is -2.29. The molecule has 31 heavy (non-hydrogen) atoms. The molecule has 0 radical (unpaired) electrons. The highest BCUT2D eigenvalue weighted by molar-refractivity contribution is 6.31. The van der Waals surface area contributed by atoms with E-state index in [1.165, 1.54) is 4.90 Å². The zero-order chi connectivity index (χ0) is 22.0. The quantitative estimate of drug-likeness (QED) is 0.641. The second kappa shape index (κ2) is 8.81. The Hall–Kier alpha value is -3.32. The van der Waals surface area contributed by atoms with Gasteiger partial charge in [0.2, 0.25) is 5.91 Å². The molecule has 0 bridgehead atoms. The smallest absolute Gasteiger partial charge is 0.265 e. The van der Waals surface area contributed by atoms with Crippen LogP contribution in [0.1, 0.15) is 22.5 Å². The molecule has 0 saturated carbocycles. The summed E-state index contributed by atoms with van der Waals surface area (Å²) in [6, 6.07) is 15.1. The number of nitrogens with one attached hydrogen (secondary N) is 1. The molecule has 0 saturated heterocycles. The number of hydrogen-bond acceptors (Lipinski definition) is 4. The van der Waals surface area contributed by atoms with E-state index >= 15 is 0 Å². The minimum atomic E-state index is -0.284. The summed E-state index contributed by atoms with van der Waals surface area (Å²) in [5.74, 6) is -0.0191. The van der Waals surface area contributed by atoms with Gasteiger partial charge in [0, 0.05) is 22.8 Å². The van der Waals surface area contributed by atoms with Crippen LogP contribution >= 0.6 is 11.6 Å². The molecule has 2 heterocycles. The van der Waals surface area contributed by atoms with Crippen molar-refractivity contribution in [3.8, 4) is 5.75 Å². The molecule has 8 heteroatoms. The molecule has 160 valence electrons. The second-order valence-electron chi connectivity index (χ2n) is 7.45. The Morgan fingerprint density at radius 3 is 2.74 bits per heavy atom. The van der Waals surface area contributed by atoms with E-state index in [1.807, 2.05) is 36.7 Å². The summed E-state index contributed by atoms with van der Waals surface area (Å²) in [5.41, 5.74) is 4.50. The van der Waals surface area contributed by atoms with Gasteiger partial charge in [-0.05, 0) is 37.6 Å². The first-order chi connectivity index (χ1) is 14.9. The fourth-order valence-corrected chi connectivity index (χ4v) is 3.80. The number of aromatic nitrogens is 2. The average molecular weight is 439 g/mol. The van der Waals surface area contributed by atoms with Gasteiger partial charge in [0.15, 0.2) is 6.61 Å². The van der Waals surface area contributed by atoms with Crippen molar-refractivity contribution < 1.29 is 14.3 Å². The summed E-state index contributed by atoms with van der Waals surface area (Å²) < 4.78 is 7.36. The highest BCUT2D eigenvalue weighted by Crippen LogP contribution is 2.34. The number of carbonyl (C=O) groups is 2. The van der Waals surface area contributed by atoms with Crippen LogP contribution in [0.3, 0.4) is 0 Å². The van der Waals surface area contributed by atoms with Crippen LogP contribution in [0.25, 0.3) is 0 Å². The van der Waals surface area contributed by atoms with E-state index < -0.39 is 0 Å². The van der Waals surface area contributed by atoms with Gasteiger partial charge < -0.3 is 10.1 Å². The van der Waals surface area contributed by atoms with Crippen molar-refractivity contribution in [2.45, 2.75) is 26.9 Å². The SMILES string of the molecule is Cc1nn(Cc2ccccc2)c(C)c1CNC(=O)CN1C(=O)COc2ccc(Cl)cc21. The lowest BCUT2D eigenvalue weighted by atomic mass is 10.2. The zero-order valence-corrected chi connectivity index (χ0v) is 18.1. The number of benzene rings is 2. The molecule has 0 aliphatic carbocycles. The lowest BCUT2D eigenvalue weighted by Crippen LogP contribution is -2.45. The first kappa shape index (κ1) is 20.9. The number of anilines is 1. The largest absolute Gasteiger partial charge is 0.482 e. The summed E-state index contributed by atoms with van der Waals surface area (Å²) in [7, 11) is 0. The maximum absolute atomic E-state index is 12.6. The summed E-state index contributed by atoms with van der Waals surface area (Å²) in [6.07, 6.45) is 0. The summed E-state index contributed by atoms with van der Waals surface area (Å²) in [5, 5.41) is 8.00. The minimum absolute atomic E-state index is 0.105. The van der Waals surface area contributed by atoms with Crippen molar-refractivity contribution in [1.82, 2.24) is 15.1 Å². The topological polar surface area (TPSA) is 76.5 Å². The van der Waals surface area contributed by atoms with E-state index in [1.54, 1.807) is 18.2 Å². The van der Waals surface area contributed by atoms with Gasteiger partial charge in [-0.15, -0.1) is 0 Å². The van der Waals surface area contributed by atoms with Gasteiger partial charge in [-0.3, -0.25) is 19.2 Å². The Kier molecular flexibility index (Phi) is 5.95. The predicted molar refractivity (Wildman–Crippen MR) is 118 cm³/mol. The molecule has 1 aliphatic heterocycles. The molecule has 2 amide bonds. The molecule has 3 aromatic rings. The minimum Gasteiger partial charge on any atom is -0.482 e. The monoisotopic (exact) mass is 438 g/mol. The fraction of sp³-hybridized carbons (Fsp3) is 0.261. The Morgan fingerprint density at radius 1 is 1.19 bits per heavy atom. The van der Waals surface area contributed by atoms with Crippen LogP contribution < -0.4 is 15.0 Å². The van der Waals surface area contributed by atoms with Gasteiger partial charge in [-0.1, -0.05) is 41.9 Å². The van der Waals surface area contributed by atoms with Crippen LogP contribution in [0, 0.1) is 13.8 Å². The molecule has 4 rings (SSSR count). The van der Waals surface area contributed by atoms with Crippen molar-refractivity contribution in [2.75, 3.05) is 18.1 Å². The van der Waals surface area contributed by atoms with Crippen molar-refractivity contribution in [2.24, 2.45) is 0 Å². The highest BCUT2D eigenvalue weighted by Gasteiger charge is 2.27. The summed E-state index contributed by atoms with van der Waals surface area (Å²) in [4.78, 5) is 26.4. The Bertz CT molecular complexity index is 1130. The molecule has 1 N–H and O–H groups in total. The number of fused-ring (bicyclic) bond motifs is 1. The molecule has 0 spiro atoms. The summed E-state index contributed by atoms with van der Waals surface area (Å²) >= 11 is 6.06. The average Bonchev–Trinajstić information content (AvgIpc) is 3.02. The van der Waals surface area contributed by atoms with Crippen molar-refractivity contribution in [3.63, 3.8) is 0 Å². The molecular formula is C23H23ClN4O3. The highest BCUT2D eigenvalue weighted by atomic mass is 35.5. The van der Waals surface area contributed by atoms with Crippen LogP contribution in [-0.2, 0) is 22.7 Å². The number of aryl methyl sites for hydroxylation is 1. The molecular weight excluding hydrogens is 416 g/mol. The predicted octanol–water partition coefficient (Wildman–Crippen LogP) is 3.24. The van der Waals surface area contributed by atoms with Gasteiger partial charge in [-0.2, -0.15) is 5.10 Å². The van der Waals surface area contributed by atoms with Crippen LogP contribution in [0.2, 0.25) is 5.02 Å². The molecule has 0 atom stereocenters. The third-order valence-corrected chi connectivity index (χ3v) is 5.57. The number of nitrogens with zero attached hydrogens (tertiary/aromatic N) is 3. The Labute approximate surface area is 185 Å². The van der Waals surface area contributed by atoms with Gasteiger partial charge in [0.05, 0.1) is 17.9 Å². The Morgan fingerprint density at radius 2 is 1.97 bits per heavy atom. The number of hydrogen-bond donors (Lipinski definition) is 1. The van der Waals surface area contributed by atoms with Crippen LogP contribution in [0.5, 0.6) is 5.75 Å². The van der Waals surface area contributed by atoms with Crippen molar-refractivity contribution >= 4 is 29.1 Å². The van der Waals surface area contributed by atoms with Gasteiger partial charge in [-0.25, -0.2) is 0 Å². The van der Waals surface area contributed by atoms with Gasteiger partial charge in [0.25, 0.3) is 5.91 Å². The standard InChI is InChI=1S/C23H23ClN4O3/c1-15-19(16(2)28(26-15)12-17-6-4-3-5-7-17)11-25-22(29)13-27-20-10-18(24)8-9-21(20)31-14-23(27)30/h3-10H,11-14H2,1-2H3,(H,25,29). The Balaban J connectivity index is 1.43. The number of amides is 2. The van der Waals surface area contributed by atoms with E-state index in [9.17, 15) is 9.59 Å². The van der Waals surface area contributed by atoms with E-state index in [2.05, 4.69) is 22.5 Å². The maximum Gasteiger partial charge on any atom is 0.265 e. The third kappa shape index (κ3) is 4.56. The molecule has 1 aliphatic rings. The fourth-order valence-electron chi connectivity index (χ4n) is 3.64. The van der Waals surface area contributed by atoms with E-state index in [4.69, 9.17) is 16.3 Å². The van der Waals surface area contributed by atoms with Crippen molar-refractivity contribution in [1.29, 1.82) is 0 Å². The van der Waals surface area contributed by atoms with Crippen molar-refractivity contribution in [3.05, 3.63) is 76.1 Å². The lowest BCUT2D eigenvalue weighted by molar-refractivity contribution is -0.125. The molecule has 0 unspecified atom stereocenters. The molecule has 1 aromatic heterocycles. The molecule has 2 aromatic carbocycles. The zero-order valence-electron chi connectivity index (χ0n) is 17.4.